The smallest absolute Gasteiger partial charge is 0.254 e. The van der Waals surface area contributed by atoms with E-state index in [4.69, 9.17) is 0 Å². The average Bonchev–Trinajstić information content (AvgIpc) is 2.86. The van der Waals surface area contributed by atoms with E-state index in [2.05, 4.69) is 17.9 Å². The van der Waals surface area contributed by atoms with Gasteiger partial charge in [0, 0.05) is 24.4 Å². The highest BCUT2D eigenvalue weighted by atomic mass is 32.2. The lowest BCUT2D eigenvalue weighted by Gasteiger charge is -2.23. The molecule has 1 amide bonds. The van der Waals surface area contributed by atoms with Crippen molar-refractivity contribution in [2.45, 2.75) is 31.7 Å². The molecule has 0 saturated carbocycles. The van der Waals surface area contributed by atoms with E-state index < -0.39 is 0 Å². The zero-order valence-corrected chi connectivity index (χ0v) is 13.4. The molecule has 110 valence electrons. The summed E-state index contributed by atoms with van der Waals surface area (Å²) >= 11 is 1.91. The van der Waals surface area contributed by atoms with Crippen LogP contribution in [-0.2, 0) is 6.54 Å². The second-order valence-corrected chi connectivity index (χ2v) is 6.84. The fourth-order valence-corrected chi connectivity index (χ4v) is 3.93. The number of rotatable bonds is 5. The van der Waals surface area contributed by atoms with Gasteiger partial charge in [0.15, 0.2) is 0 Å². The Morgan fingerprint density at radius 3 is 2.95 bits per heavy atom. The zero-order chi connectivity index (χ0) is 14.5. The van der Waals surface area contributed by atoms with Gasteiger partial charge in [-0.15, -0.1) is 11.8 Å². The van der Waals surface area contributed by atoms with Crippen molar-refractivity contribution in [1.29, 1.82) is 0 Å². The zero-order valence-electron chi connectivity index (χ0n) is 12.6. The Morgan fingerprint density at radius 1 is 1.45 bits per heavy atom. The van der Waals surface area contributed by atoms with Crippen LogP contribution in [0.3, 0.4) is 0 Å². The van der Waals surface area contributed by atoms with Crippen LogP contribution in [0, 0.1) is 0 Å². The standard InChI is InChI=1S/C16H24N2OS/c1-4-6-15-18(9-10-20-15)16(19)14-8-5-7-13(11-14)12-17(2)3/h5,7-8,11,15H,4,6,9-10,12H2,1-3H3/t15-/m0/s1. The predicted octanol–water partition coefficient (Wildman–Crippen LogP) is 3.06. The van der Waals surface area contributed by atoms with Gasteiger partial charge in [-0.25, -0.2) is 0 Å². The second kappa shape index (κ2) is 7.14. The minimum absolute atomic E-state index is 0.189. The molecule has 1 saturated heterocycles. The number of carbonyl (C=O) groups excluding carboxylic acids is 1. The molecular weight excluding hydrogens is 268 g/mol. The Balaban J connectivity index is 2.12. The maximum atomic E-state index is 12.7. The Hall–Kier alpha value is -1.00. The van der Waals surface area contributed by atoms with Crippen molar-refractivity contribution < 1.29 is 4.79 Å². The summed E-state index contributed by atoms with van der Waals surface area (Å²) in [6.45, 7) is 3.93. The van der Waals surface area contributed by atoms with Crippen molar-refractivity contribution in [3.8, 4) is 0 Å². The number of hydrogen-bond donors (Lipinski definition) is 0. The van der Waals surface area contributed by atoms with Crippen LogP contribution in [0.25, 0.3) is 0 Å². The van der Waals surface area contributed by atoms with Gasteiger partial charge in [0.2, 0.25) is 0 Å². The van der Waals surface area contributed by atoms with Gasteiger partial charge in [-0.3, -0.25) is 4.79 Å². The summed E-state index contributed by atoms with van der Waals surface area (Å²) in [4.78, 5) is 16.8. The number of nitrogens with zero attached hydrogens (tertiary/aromatic N) is 2. The van der Waals surface area contributed by atoms with Gasteiger partial charge in [-0.05, 0) is 38.2 Å². The van der Waals surface area contributed by atoms with Crippen LogP contribution >= 0.6 is 11.8 Å². The molecule has 0 N–H and O–H groups in total. The van der Waals surface area contributed by atoms with Crippen LogP contribution < -0.4 is 0 Å². The Labute approximate surface area is 126 Å². The molecule has 0 radical (unpaired) electrons. The predicted molar refractivity (Wildman–Crippen MR) is 86.0 cm³/mol. The van der Waals surface area contributed by atoms with Crippen molar-refractivity contribution in [2.75, 3.05) is 26.4 Å². The number of hydrogen-bond acceptors (Lipinski definition) is 3. The first-order valence-corrected chi connectivity index (χ1v) is 8.33. The third-order valence-electron chi connectivity index (χ3n) is 3.46. The maximum absolute atomic E-state index is 12.7. The van der Waals surface area contributed by atoms with E-state index in [0.717, 1.165) is 37.2 Å². The van der Waals surface area contributed by atoms with E-state index in [9.17, 15) is 4.79 Å². The van der Waals surface area contributed by atoms with Gasteiger partial charge in [0.25, 0.3) is 5.91 Å². The fourth-order valence-electron chi connectivity index (χ4n) is 2.57. The van der Waals surface area contributed by atoms with Gasteiger partial charge in [0.1, 0.15) is 0 Å². The Morgan fingerprint density at radius 2 is 2.25 bits per heavy atom. The van der Waals surface area contributed by atoms with Gasteiger partial charge >= 0.3 is 0 Å². The summed E-state index contributed by atoms with van der Waals surface area (Å²) in [6, 6.07) is 8.05. The van der Waals surface area contributed by atoms with Crippen LogP contribution in [0.1, 0.15) is 35.7 Å². The van der Waals surface area contributed by atoms with E-state index in [0.29, 0.717) is 5.37 Å². The largest absolute Gasteiger partial charge is 0.326 e. The summed E-state index contributed by atoms with van der Waals surface area (Å²) in [5.74, 6) is 1.25. The van der Waals surface area contributed by atoms with Gasteiger partial charge in [0.05, 0.1) is 5.37 Å². The van der Waals surface area contributed by atoms with Crippen LogP contribution in [-0.4, -0.2) is 47.5 Å². The van der Waals surface area contributed by atoms with Crippen LogP contribution in [0.5, 0.6) is 0 Å². The molecule has 20 heavy (non-hydrogen) atoms. The molecule has 1 fully saturated rings. The van der Waals surface area contributed by atoms with Crippen molar-refractivity contribution in [2.24, 2.45) is 0 Å². The normalized spacial score (nSPS) is 18.8. The molecule has 3 nitrogen and oxygen atoms in total. The summed E-state index contributed by atoms with van der Waals surface area (Å²) in [7, 11) is 4.09. The summed E-state index contributed by atoms with van der Waals surface area (Å²) in [5.41, 5.74) is 2.02. The fraction of sp³-hybridized carbons (Fsp3) is 0.562. The lowest BCUT2D eigenvalue weighted by molar-refractivity contribution is 0.0756. The van der Waals surface area contributed by atoms with Gasteiger partial charge in [-0.2, -0.15) is 0 Å². The molecule has 4 heteroatoms. The molecule has 1 aliphatic rings. The highest BCUT2D eigenvalue weighted by Crippen LogP contribution is 2.28. The van der Waals surface area contributed by atoms with E-state index in [1.807, 2.05) is 49.0 Å². The minimum atomic E-state index is 0.189. The number of amides is 1. The molecule has 0 aliphatic carbocycles. The van der Waals surface area contributed by atoms with Gasteiger partial charge < -0.3 is 9.80 Å². The molecule has 1 heterocycles. The first-order valence-electron chi connectivity index (χ1n) is 7.28. The molecule has 1 aromatic rings. The summed E-state index contributed by atoms with van der Waals surface area (Å²) < 4.78 is 0. The third-order valence-corrected chi connectivity index (χ3v) is 4.75. The Kier molecular flexibility index (Phi) is 5.49. The topological polar surface area (TPSA) is 23.6 Å². The van der Waals surface area contributed by atoms with Crippen LogP contribution in [0.2, 0.25) is 0 Å². The third kappa shape index (κ3) is 3.76. The quantitative estimate of drug-likeness (QED) is 0.833. The number of carbonyl (C=O) groups is 1. The molecule has 0 spiro atoms. The monoisotopic (exact) mass is 292 g/mol. The van der Waals surface area contributed by atoms with Crippen LogP contribution in [0.4, 0.5) is 0 Å². The lowest BCUT2D eigenvalue weighted by atomic mass is 10.1. The Bertz CT molecular complexity index is 462. The van der Waals surface area contributed by atoms with Crippen LogP contribution in [0.15, 0.2) is 24.3 Å². The highest BCUT2D eigenvalue weighted by Gasteiger charge is 2.29. The molecule has 1 atom stereocenters. The molecule has 0 aromatic heterocycles. The van der Waals surface area contributed by atoms with Gasteiger partial charge in [-0.1, -0.05) is 25.5 Å². The van der Waals surface area contributed by atoms with Crippen molar-refractivity contribution >= 4 is 17.7 Å². The average molecular weight is 292 g/mol. The number of benzene rings is 1. The summed E-state index contributed by atoms with van der Waals surface area (Å²) in [5, 5.41) is 0.366. The van der Waals surface area contributed by atoms with E-state index in [1.165, 1.54) is 5.56 Å². The highest BCUT2D eigenvalue weighted by molar-refractivity contribution is 8.00. The molecule has 1 aliphatic heterocycles. The first-order chi connectivity index (χ1) is 9.61. The van der Waals surface area contributed by atoms with E-state index in [-0.39, 0.29) is 5.91 Å². The van der Waals surface area contributed by atoms with Crippen molar-refractivity contribution in [1.82, 2.24) is 9.80 Å². The van der Waals surface area contributed by atoms with Crippen molar-refractivity contribution in [3.63, 3.8) is 0 Å². The van der Waals surface area contributed by atoms with E-state index >= 15 is 0 Å². The number of thioether (sulfide) groups is 1. The molecule has 0 unspecified atom stereocenters. The first kappa shape index (κ1) is 15.4. The maximum Gasteiger partial charge on any atom is 0.254 e. The molecule has 1 aromatic carbocycles. The molecular formula is C16H24N2OS. The molecule has 0 bridgehead atoms. The lowest BCUT2D eigenvalue weighted by Crippen LogP contribution is -2.34. The second-order valence-electron chi connectivity index (χ2n) is 5.55. The summed E-state index contributed by atoms with van der Waals surface area (Å²) in [6.07, 6.45) is 2.22. The minimum Gasteiger partial charge on any atom is -0.326 e. The van der Waals surface area contributed by atoms with E-state index in [1.54, 1.807) is 0 Å². The SMILES string of the molecule is CCC[C@@H]1SCCN1C(=O)c1cccc(CN(C)C)c1. The molecule has 2 rings (SSSR count). The van der Waals surface area contributed by atoms with Crippen molar-refractivity contribution in [3.05, 3.63) is 35.4 Å².